The number of benzene rings is 1. The van der Waals surface area contributed by atoms with Crippen molar-refractivity contribution in [2.75, 3.05) is 33.0 Å². The van der Waals surface area contributed by atoms with Crippen molar-refractivity contribution < 1.29 is 19.0 Å². The van der Waals surface area contributed by atoms with Crippen LogP contribution in [-0.4, -0.2) is 63.4 Å². The molecule has 1 unspecified atom stereocenters. The van der Waals surface area contributed by atoms with E-state index >= 15 is 0 Å². The summed E-state index contributed by atoms with van der Waals surface area (Å²) in [4.78, 5) is 28.7. The average molecular weight is 515 g/mol. The fourth-order valence-corrected chi connectivity index (χ4v) is 5.33. The Hall–Kier alpha value is -3.21. The van der Waals surface area contributed by atoms with E-state index in [1.54, 1.807) is 14.2 Å². The van der Waals surface area contributed by atoms with Crippen LogP contribution in [0.4, 0.5) is 10.6 Å². The normalized spacial score (nSPS) is 16.2. The summed E-state index contributed by atoms with van der Waals surface area (Å²) < 4.78 is 18.6. The Kier molecular flexibility index (Phi) is 7.77. The van der Waals surface area contributed by atoms with E-state index in [0.717, 1.165) is 47.4 Å². The van der Waals surface area contributed by atoms with Gasteiger partial charge in [-0.1, -0.05) is 0 Å². The largest absolute Gasteiger partial charge is 0.497 e. The third-order valence-corrected chi connectivity index (χ3v) is 7.06. The van der Waals surface area contributed by atoms with Gasteiger partial charge in [0.05, 0.1) is 19.1 Å². The zero-order chi connectivity index (χ0) is 25.9. The van der Waals surface area contributed by atoms with Crippen LogP contribution in [0.25, 0.3) is 11.2 Å². The predicted octanol–water partition coefficient (Wildman–Crippen LogP) is 4.61. The molecule has 4 rings (SSSR count). The molecular formula is C25H34N6O4S. The van der Waals surface area contributed by atoms with Gasteiger partial charge in [0.1, 0.15) is 23.4 Å². The fraction of sp³-hybridized carbons (Fsp3) is 0.520. The molecule has 0 spiro atoms. The zero-order valence-corrected chi connectivity index (χ0v) is 22.3. The second kappa shape index (κ2) is 10.8. The molecular weight excluding hydrogens is 480 g/mol. The molecule has 3 heterocycles. The number of fused-ring (bicyclic) bond motifs is 1. The van der Waals surface area contributed by atoms with Crippen LogP contribution in [0.1, 0.15) is 40.0 Å². The number of rotatable bonds is 7. The maximum Gasteiger partial charge on any atom is 0.410 e. The van der Waals surface area contributed by atoms with Crippen LogP contribution < -0.4 is 15.2 Å². The number of imidazole rings is 1. The van der Waals surface area contributed by atoms with Gasteiger partial charge in [0, 0.05) is 19.6 Å². The lowest BCUT2D eigenvalue weighted by Gasteiger charge is -2.34. The molecule has 36 heavy (non-hydrogen) atoms. The number of hydrogen-bond donors (Lipinski definition) is 1. The lowest BCUT2D eigenvalue weighted by atomic mass is 9.95. The van der Waals surface area contributed by atoms with E-state index in [4.69, 9.17) is 24.9 Å². The number of ether oxygens (including phenoxy) is 3. The monoisotopic (exact) mass is 514 g/mol. The Morgan fingerprint density at radius 3 is 2.75 bits per heavy atom. The highest BCUT2D eigenvalue weighted by molar-refractivity contribution is 7.99. The molecule has 3 aromatic rings. The van der Waals surface area contributed by atoms with Crippen LogP contribution in [0.15, 0.2) is 34.6 Å². The Balaban J connectivity index is 1.56. The number of anilines is 1. The quantitative estimate of drug-likeness (QED) is 0.482. The number of likely N-dealkylation sites (tertiary alicyclic amines) is 1. The van der Waals surface area contributed by atoms with Gasteiger partial charge in [-0.2, -0.15) is 0 Å². The topological polar surface area (TPSA) is 118 Å². The maximum atomic E-state index is 12.6. The van der Waals surface area contributed by atoms with Gasteiger partial charge in [-0.15, -0.1) is 0 Å². The highest BCUT2D eigenvalue weighted by Crippen LogP contribution is 2.38. The van der Waals surface area contributed by atoms with Gasteiger partial charge in [-0.25, -0.2) is 19.7 Å². The number of nitrogen functional groups attached to an aromatic ring is 1. The van der Waals surface area contributed by atoms with Gasteiger partial charge in [0.2, 0.25) is 0 Å². The molecule has 11 heteroatoms. The SMILES string of the molecule is COc1ccc(OC)c(Sc2nc3c(N)ncnc3n2CCC2CCCN(C(=O)OC(C)(C)C)C2)c1. The van der Waals surface area contributed by atoms with Crippen LogP contribution >= 0.6 is 11.8 Å². The number of amides is 1. The van der Waals surface area contributed by atoms with E-state index in [9.17, 15) is 4.79 Å². The van der Waals surface area contributed by atoms with Crippen molar-refractivity contribution in [3.8, 4) is 11.5 Å². The molecule has 1 aliphatic rings. The number of carbonyl (C=O) groups excluding carboxylic acids is 1. The maximum absolute atomic E-state index is 12.6. The standard InChI is InChI=1S/C25H34N6O4S/c1-25(2,3)35-24(32)30-11-6-7-16(14-30)10-12-31-22-20(21(26)27-15-28-22)29-23(31)36-19-13-17(33-4)8-9-18(19)34-5/h8-9,13,15-16H,6-7,10-12,14H2,1-5H3,(H2,26,27,28). The molecule has 1 atom stereocenters. The molecule has 1 aliphatic heterocycles. The van der Waals surface area contributed by atoms with Crippen molar-refractivity contribution in [1.29, 1.82) is 0 Å². The van der Waals surface area contributed by atoms with Gasteiger partial charge in [0.25, 0.3) is 0 Å². The summed E-state index contributed by atoms with van der Waals surface area (Å²) in [7, 11) is 3.27. The predicted molar refractivity (Wildman–Crippen MR) is 139 cm³/mol. The van der Waals surface area contributed by atoms with E-state index in [1.165, 1.54) is 18.1 Å². The Bertz CT molecular complexity index is 1230. The van der Waals surface area contributed by atoms with Gasteiger partial charge in [-0.3, -0.25) is 0 Å². The molecule has 2 aromatic heterocycles. The van der Waals surface area contributed by atoms with Gasteiger partial charge < -0.3 is 29.4 Å². The Labute approximate surface area is 215 Å². The number of carbonyl (C=O) groups is 1. The highest BCUT2D eigenvalue weighted by atomic mass is 32.2. The number of nitrogens with zero attached hydrogens (tertiary/aromatic N) is 5. The third-order valence-electron chi connectivity index (χ3n) is 6.03. The van der Waals surface area contributed by atoms with Crippen molar-refractivity contribution in [3.63, 3.8) is 0 Å². The van der Waals surface area contributed by atoms with Gasteiger partial charge >= 0.3 is 6.09 Å². The number of methoxy groups -OCH3 is 2. The van der Waals surface area contributed by atoms with Crippen molar-refractivity contribution in [2.24, 2.45) is 5.92 Å². The molecule has 194 valence electrons. The summed E-state index contributed by atoms with van der Waals surface area (Å²) in [6.07, 6.45) is 4.07. The lowest BCUT2D eigenvalue weighted by Crippen LogP contribution is -2.43. The minimum Gasteiger partial charge on any atom is -0.497 e. The number of aromatic nitrogens is 4. The minimum atomic E-state index is -0.507. The van der Waals surface area contributed by atoms with Gasteiger partial charge in [-0.05, 0) is 75.9 Å². The third kappa shape index (κ3) is 5.95. The van der Waals surface area contributed by atoms with Crippen LogP contribution in [-0.2, 0) is 11.3 Å². The Morgan fingerprint density at radius 1 is 1.22 bits per heavy atom. The van der Waals surface area contributed by atoms with E-state index in [-0.39, 0.29) is 6.09 Å². The number of hydrogen-bond acceptors (Lipinski definition) is 9. The smallest absolute Gasteiger partial charge is 0.410 e. The van der Waals surface area contributed by atoms with E-state index < -0.39 is 5.60 Å². The highest BCUT2D eigenvalue weighted by Gasteiger charge is 2.28. The summed E-state index contributed by atoms with van der Waals surface area (Å²) in [5, 5.41) is 0.739. The molecule has 1 aromatic carbocycles. The van der Waals surface area contributed by atoms with Crippen LogP contribution in [0.2, 0.25) is 0 Å². The minimum absolute atomic E-state index is 0.248. The molecule has 0 bridgehead atoms. The summed E-state index contributed by atoms with van der Waals surface area (Å²) >= 11 is 1.47. The van der Waals surface area contributed by atoms with Crippen molar-refractivity contribution in [1.82, 2.24) is 24.4 Å². The molecule has 1 saturated heterocycles. The average Bonchev–Trinajstić information content (AvgIpc) is 3.20. The molecule has 0 radical (unpaired) electrons. The summed E-state index contributed by atoms with van der Waals surface area (Å²) in [6.45, 7) is 7.74. The number of nitrogens with two attached hydrogens (primary N) is 1. The first-order valence-corrected chi connectivity index (χ1v) is 12.8. The van der Waals surface area contributed by atoms with E-state index in [0.29, 0.717) is 36.0 Å². The molecule has 2 N–H and O–H groups in total. The van der Waals surface area contributed by atoms with Crippen molar-refractivity contribution in [2.45, 2.75) is 62.2 Å². The molecule has 10 nitrogen and oxygen atoms in total. The van der Waals surface area contributed by atoms with Gasteiger partial charge in [0.15, 0.2) is 22.1 Å². The lowest BCUT2D eigenvalue weighted by molar-refractivity contribution is 0.0159. The first-order valence-electron chi connectivity index (χ1n) is 12.0. The molecule has 1 amide bonds. The first kappa shape index (κ1) is 25.9. The summed E-state index contributed by atoms with van der Waals surface area (Å²) in [6, 6.07) is 5.65. The summed E-state index contributed by atoms with van der Waals surface area (Å²) in [5.74, 6) is 2.13. The van der Waals surface area contributed by atoms with Crippen molar-refractivity contribution >= 4 is 34.8 Å². The first-order chi connectivity index (χ1) is 17.2. The van der Waals surface area contributed by atoms with Crippen LogP contribution in [0.3, 0.4) is 0 Å². The molecule has 0 saturated carbocycles. The van der Waals surface area contributed by atoms with E-state index in [1.807, 2.05) is 43.9 Å². The number of aryl methyl sites for hydroxylation is 1. The Morgan fingerprint density at radius 2 is 2.03 bits per heavy atom. The number of piperidine rings is 1. The molecule has 0 aliphatic carbocycles. The molecule has 1 fully saturated rings. The van der Waals surface area contributed by atoms with Crippen LogP contribution in [0, 0.1) is 5.92 Å². The zero-order valence-electron chi connectivity index (χ0n) is 21.5. The van der Waals surface area contributed by atoms with E-state index in [2.05, 4.69) is 14.5 Å². The second-order valence-electron chi connectivity index (χ2n) is 9.82. The fourth-order valence-electron chi connectivity index (χ4n) is 4.28. The van der Waals surface area contributed by atoms with Crippen LogP contribution in [0.5, 0.6) is 11.5 Å². The van der Waals surface area contributed by atoms with Crippen molar-refractivity contribution in [3.05, 3.63) is 24.5 Å². The second-order valence-corrected chi connectivity index (χ2v) is 10.8. The summed E-state index contributed by atoms with van der Waals surface area (Å²) in [5.41, 5.74) is 6.89.